The van der Waals surface area contributed by atoms with Crippen LogP contribution in [0.15, 0.2) is 11.4 Å². The van der Waals surface area contributed by atoms with E-state index in [1.807, 2.05) is 5.38 Å². The lowest BCUT2D eigenvalue weighted by atomic mass is 10.2. The standard InChI is InChI=1S/C7H12N2S/c1-5-2-3-10-7(5)6(9)4-8/h2-3,6H,4,8-9H2,1H3. The zero-order valence-electron chi connectivity index (χ0n) is 6.00. The fourth-order valence-electron chi connectivity index (χ4n) is 0.871. The maximum atomic E-state index is 5.72. The highest BCUT2D eigenvalue weighted by Crippen LogP contribution is 2.20. The van der Waals surface area contributed by atoms with Gasteiger partial charge in [-0.15, -0.1) is 11.3 Å². The zero-order valence-corrected chi connectivity index (χ0v) is 6.82. The molecule has 0 radical (unpaired) electrons. The highest BCUT2D eigenvalue weighted by Gasteiger charge is 2.06. The molecule has 1 aromatic rings. The van der Waals surface area contributed by atoms with Gasteiger partial charge in [0.15, 0.2) is 0 Å². The van der Waals surface area contributed by atoms with Gasteiger partial charge in [-0.3, -0.25) is 0 Å². The van der Waals surface area contributed by atoms with E-state index >= 15 is 0 Å². The Morgan fingerprint density at radius 2 is 2.40 bits per heavy atom. The second-order valence-corrected chi connectivity index (χ2v) is 3.26. The van der Waals surface area contributed by atoms with Crippen LogP contribution in [0.5, 0.6) is 0 Å². The van der Waals surface area contributed by atoms with Gasteiger partial charge in [-0.25, -0.2) is 0 Å². The normalized spacial score (nSPS) is 13.5. The first kappa shape index (κ1) is 7.72. The van der Waals surface area contributed by atoms with Gasteiger partial charge in [-0.1, -0.05) is 0 Å². The van der Waals surface area contributed by atoms with Crippen molar-refractivity contribution in [2.24, 2.45) is 11.5 Å². The SMILES string of the molecule is Cc1ccsc1C(N)CN. The van der Waals surface area contributed by atoms with Gasteiger partial charge in [0.25, 0.3) is 0 Å². The molecule has 0 saturated carbocycles. The number of hydrogen-bond acceptors (Lipinski definition) is 3. The minimum absolute atomic E-state index is 0.0278. The van der Waals surface area contributed by atoms with Crippen molar-refractivity contribution in [2.45, 2.75) is 13.0 Å². The van der Waals surface area contributed by atoms with Gasteiger partial charge >= 0.3 is 0 Å². The number of nitrogens with two attached hydrogens (primary N) is 2. The van der Waals surface area contributed by atoms with Gasteiger partial charge < -0.3 is 11.5 Å². The first-order chi connectivity index (χ1) is 4.75. The predicted octanol–water partition coefficient (Wildman–Crippen LogP) is 1.02. The molecular weight excluding hydrogens is 144 g/mol. The number of thiophene rings is 1. The molecule has 1 atom stereocenters. The second kappa shape index (κ2) is 3.14. The zero-order chi connectivity index (χ0) is 7.56. The number of aryl methyl sites for hydroxylation is 1. The number of hydrogen-bond donors (Lipinski definition) is 2. The Bertz CT molecular complexity index is 207. The molecule has 1 heterocycles. The third kappa shape index (κ3) is 1.37. The maximum Gasteiger partial charge on any atom is 0.0516 e. The van der Waals surface area contributed by atoms with Crippen LogP contribution in [0.25, 0.3) is 0 Å². The van der Waals surface area contributed by atoms with Crippen LogP contribution in [-0.2, 0) is 0 Å². The van der Waals surface area contributed by atoms with E-state index in [2.05, 4.69) is 13.0 Å². The lowest BCUT2D eigenvalue weighted by Gasteiger charge is -2.06. The summed E-state index contributed by atoms with van der Waals surface area (Å²) in [6.45, 7) is 2.59. The molecule has 1 rings (SSSR count). The van der Waals surface area contributed by atoms with E-state index in [-0.39, 0.29) is 6.04 Å². The second-order valence-electron chi connectivity index (χ2n) is 2.31. The van der Waals surface area contributed by atoms with Crippen LogP contribution in [0, 0.1) is 6.92 Å². The topological polar surface area (TPSA) is 52.0 Å². The summed E-state index contributed by atoms with van der Waals surface area (Å²) in [4.78, 5) is 1.21. The van der Waals surface area contributed by atoms with Crippen molar-refractivity contribution >= 4 is 11.3 Å². The van der Waals surface area contributed by atoms with E-state index in [0.29, 0.717) is 6.54 Å². The lowest BCUT2D eigenvalue weighted by molar-refractivity contribution is 0.747. The molecule has 0 aliphatic carbocycles. The Hall–Kier alpha value is -0.380. The molecule has 3 heteroatoms. The summed E-state index contributed by atoms with van der Waals surface area (Å²) in [6, 6.07) is 2.09. The third-order valence-corrected chi connectivity index (χ3v) is 2.64. The molecule has 0 aliphatic heterocycles. The summed E-state index contributed by atoms with van der Waals surface area (Å²) in [5, 5.41) is 2.04. The average molecular weight is 156 g/mol. The molecule has 0 aromatic carbocycles. The van der Waals surface area contributed by atoms with Crippen molar-refractivity contribution < 1.29 is 0 Å². The highest BCUT2D eigenvalue weighted by molar-refractivity contribution is 7.10. The summed E-state index contributed by atoms with van der Waals surface area (Å²) < 4.78 is 0. The molecule has 0 bridgehead atoms. The van der Waals surface area contributed by atoms with Crippen LogP contribution < -0.4 is 11.5 Å². The predicted molar refractivity (Wildman–Crippen MR) is 45.0 cm³/mol. The third-order valence-electron chi connectivity index (χ3n) is 1.49. The Morgan fingerprint density at radius 3 is 2.80 bits per heavy atom. The maximum absolute atomic E-state index is 5.72. The monoisotopic (exact) mass is 156 g/mol. The molecule has 2 nitrogen and oxygen atoms in total. The van der Waals surface area contributed by atoms with E-state index in [1.165, 1.54) is 10.4 Å². The quantitative estimate of drug-likeness (QED) is 0.671. The minimum atomic E-state index is 0.0278. The molecule has 4 N–H and O–H groups in total. The first-order valence-electron chi connectivity index (χ1n) is 3.25. The van der Waals surface area contributed by atoms with Crippen molar-refractivity contribution in [3.8, 4) is 0 Å². The van der Waals surface area contributed by atoms with Crippen molar-refractivity contribution in [3.63, 3.8) is 0 Å². The van der Waals surface area contributed by atoms with Gasteiger partial charge in [-0.05, 0) is 23.9 Å². The molecule has 0 fully saturated rings. The Labute approximate surface area is 64.8 Å². The summed E-state index contributed by atoms with van der Waals surface area (Å²) >= 11 is 1.68. The van der Waals surface area contributed by atoms with E-state index in [4.69, 9.17) is 11.5 Å². The van der Waals surface area contributed by atoms with Crippen LogP contribution in [-0.4, -0.2) is 6.54 Å². The van der Waals surface area contributed by atoms with Gasteiger partial charge in [0.2, 0.25) is 0 Å². The van der Waals surface area contributed by atoms with E-state index in [0.717, 1.165) is 0 Å². The van der Waals surface area contributed by atoms with E-state index < -0.39 is 0 Å². The summed E-state index contributed by atoms with van der Waals surface area (Å²) in [7, 11) is 0. The van der Waals surface area contributed by atoms with Crippen LogP contribution in [0.4, 0.5) is 0 Å². The highest BCUT2D eigenvalue weighted by atomic mass is 32.1. The van der Waals surface area contributed by atoms with Crippen molar-refractivity contribution in [1.29, 1.82) is 0 Å². The van der Waals surface area contributed by atoms with Crippen LogP contribution in [0.3, 0.4) is 0 Å². The lowest BCUT2D eigenvalue weighted by Crippen LogP contribution is -2.20. The largest absolute Gasteiger partial charge is 0.329 e. The molecule has 0 spiro atoms. The molecule has 1 aromatic heterocycles. The average Bonchev–Trinajstić information content (AvgIpc) is 2.34. The van der Waals surface area contributed by atoms with E-state index in [9.17, 15) is 0 Å². The van der Waals surface area contributed by atoms with Gasteiger partial charge in [0.05, 0.1) is 6.04 Å². The molecular formula is C7H12N2S. The molecule has 0 amide bonds. The Balaban J connectivity index is 2.82. The molecule has 56 valence electrons. The Morgan fingerprint density at radius 1 is 1.70 bits per heavy atom. The molecule has 0 saturated heterocycles. The van der Waals surface area contributed by atoms with Gasteiger partial charge in [-0.2, -0.15) is 0 Å². The van der Waals surface area contributed by atoms with E-state index in [1.54, 1.807) is 11.3 Å². The first-order valence-corrected chi connectivity index (χ1v) is 4.13. The fraction of sp³-hybridized carbons (Fsp3) is 0.429. The van der Waals surface area contributed by atoms with Gasteiger partial charge in [0, 0.05) is 11.4 Å². The van der Waals surface area contributed by atoms with Crippen LogP contribution in [0.2, 0.25) is 0 Å². The summed E-state index contributed by atoms with van der Waals surface area (Å²) in [5.41, 5.74) is 12.4. The summed E-state index contributed by atoms with van der Waals surface area (Å²) in [5.74, 6) is 0. The number of rotatable bonds is 2. The van der Waals surface area contributed by atoms with Crippen molar-refractivity contribution in [3.05, 3.63) is 21.9 Å². The fourth-order valence-corrected chi connectivity index (χ4v) is 1.82. The minimum Gasteiger partial charge on any atom is -0.329 e. The molecule has 0 aliphatic rings. The van der Waals surface area contributed by atoms with Gasteiger partial charge in [0.1, 0.15) is 0 Å². The Kier molecular flexibility index (Phi) is 2.43. The smallest absolute Gasteiger partial charge is 0.0516 e. The molecule has 10 heavy (non-hydrogen) atoms. The van der Waals surface area contributed by atoms with Crippen LogP contribution in [0.1, 0.15) is 16.5 Å². The molecule has 1 unspecified atom stereocenters. The van der Waals surface area contributed by atoms with Crippen molar-refractivity contribution in [2.75, 3.05) is 6.54 Å². The van der Waals surface area contributed by atoms with Crippen LogP contribution >= 0.6 is 11.3 Å². The van der Waals surface area contributed by atoms with Crippen molar-refractivity contribution in [1.82, 2.24) is 0 Å². The summed E-state index contributed by atoms with van der Waals surface area (Å²) in [6.07, 6.45) is 0.